The fourth-order valence-electron chi connectivity index (χ4n) is 4.15. The first-order chi connectivity index (χ1) is 11.4. The van der Waals surface area contributed by atoms with Crippen LogP contribution in [0.2, 0.25) is 0 Å². The van der Waals surface area contributed by atoms with Crippen LogP contribution in [0.1, 0.15) is 6.42 Å². The zero-order chi connectivity index (χ0) is 17.4. The van der Waals surface area contributed by atoms with Gasteiger partial charge in [0.1, 0.15) is 5.75 Å². The van der Waals surface area contributed by atoms with Crippen molar-refractivity contribution >= 4 is 10.0 Å². The smallest absolute Gasteiger partial charge is 0.243 e. The molecule has 2 atom stereocenters. The van der Waals surface area contributed by atoms with E-state index in [9.17, 15) is 8.42 Å². The molecule has 0 N–H and O–H groups in total. The molecule has 0 aromatic heterocycles. The zero-order valence-corrected chi connectivity index (χ0v) is 15.4. The molecule has 0 saturated carbocycles. The number of sulfonamides is 1. The SMILES string of the molecule is COC[C@H]1CN(C)C[C@@]12CCN(S(=O)(=O)c1ccc(OC)cc1)C2. The van der Waals surface area contributed by atoms with Crippen LogP contribution in [0.5, 0.6) is 5.75 Å². The van der Waals surface area contributed by atoms with Gasteiger partial charge in [0.25, 0.3) is 0 Å². The molecule has 0 bridgehead atoms. The minimum atomic E-state index is -3.46. The Morgan fingerprint density at radius 1 is 1.21 bits per heavy atom. The number of rotatable bonds is 5. The second kappa shape index (κ2) is 6.63. The number of benzene rings is 1. The fourth-order valence-corrected chi connectivity index (χ4v) is 5.69. The van der Waals surface area contributed by atoms with E-state index >= 15 is 0 Å². The van der Waals surface area contributed by atoms with E-state index in [1.54, 1.807) is 42.8 Å². The van der Waals surface area contributed by atoms with Gasteiger partial charge in [-0.05, 0) is 37.7 Å². The second-order valence-corrected chi connectivity index (χ2v) is 8.91. The summed E-state index contributed by atoms with van der Waals surface area (Å²) in [5, 5.41) is 0. The van der Waals surface area contributed by atoms with Crippen LogP contribution in [0.3, 0.4) is 0 Å². The van der Waals surface area contributed by atoms with Crippen molar-refractivity contribution in [2.24, 2.45) is 11.3 Å². The molecule has 1 spiro atoms. The quantitative estimate of drug-likeness (QED) is 0.797. The van der Waals surface area contributed by atoms with Crippen LogP contribution >= 0.6 is 0 Å². The molecule has 134 valence electrons. The molecule has 1 aromatic rings. The van der Waals surface area contributed by atoms with Crippen LogP contribution in [0.15, 0.2) is 29.2 Å². The molecule has 2 aliphatic heterocycles. The summed E-state index contributed by atoms with van der Waals surface area (Å²) in [6.07, 6.45) is 0.890. The van der Waals surface area contributed by atoms with Crippen LogP contribution in [0.4, 0.5) is 0 Å². The topological polar surface area (TPSA) is 59.1 Å². The second-order valence-electron chi connectivity index (χ2n) is 6.98. The summed E-state index contributed by atoms with van der Waals surface area (Å²) < 4.78 is 38.0. The predicted molar refractivity (Wildman–Crippen MR) is 91.7 cm³/mol. The molecule has 2 heterocycles. The number of nitrogens with zero attached hydrogens (tertiary/aromatic N) is 2. The summed E-state index contributed by atoms with van der Waals surface area (Å²) >= 11 is 0. The number of hydrogen-bond donors (Lipinski definition) is 0. The highest BCUT2D eigenvalue weighted by Crippen LogP contribution is 2.44. The standard InChI is InChI=1S/C17H26N2O4S/c1-18-10-14(11-22-2)17(12-18)8-9-19(13-17)24(20,21)16-6-4-15(23-3)5-7-16/h4-7,14H,8-13H2,1-3H3/t14-,17-/m1/s1. The molecule has 3 rings (SSSR count). The van der Waals surface area contributed by atoms with Crippen LogP contribution in [0.25, 0.3) is 0 Å². The molecule has 0 amide bonds. The minimum absolute atomic E-state index is 0.00427. The molecule has 2 saturated heterocycles. The first-order valence-corrected chi connectivity index (χ1v) is 9.67. The lowest BCUT2D eigenvalue weighted by Gasteiger charge is -2.30. The summed E-state index contributed by atoms with van der Waals surface area (Å²) in [7, 11) is 1.92. The summed E-state index contributed by atoms with van der Waals surface area (Å²) in [5.74, 6) is 1.04. The lowest BCUT2D eigenvalue weighted by atomic mass is 9.78. The number of likely N-dealkylation sites (tertiary alicyclic amines) is 1. The molecule has 0 radical (unpaired) electrons. The maximum Gasteiger partial charge on any atom is 0.243 e. The highest BCUT2D eigenvalue weighted by molar-refractivity contribution is 7.89. The molecule has 24 heavy (non-hydrogen) atoms. The monoisotopic (exact) mass is 354 g/mol. The molecule has 0 unspecified atom stereocenters. The predicted octanol–water partition coefficient (Wildman–Crippen LogP) is 1.28. The molecule has 0 aliphatic carbocycles. The average Bonchev–Trinajstić information content (AvgIpc) is 3.13. The highest BCUT2D eigenvalue weighted by atomic mass is 32.2. The Kier molecular flexibility index (Phi) is 4.88. The first kappa shape index (κ1) is 17.7. The van der Waals surface area contributed by atoms with Crippen molar-refractivity contribution in [2.45, 2.75) is 11.3 Å². The average molecular weight is 354 g/mol. The Balaban J connectivity index is 1.81. The number of methoxy groups -OCH3 is 2. The van der Waals surface area contributed by atoms with Gasteiger partial charge in [0, 0.05) is 44.6 Å². The van der Waals surface area contributed by atoms with E-state index in [2.05, 4.69) is 11.9 Å². The Morgan fingerprint density at radius 3 is 2.54 bits per heavy atom. The lowest BCUT2D eigenvalue weighted by molar-refractivity contribution is 0.101. The van der Waals surface area contributed by atoms with Crippen molar-refractivity contribution in [3.8, 4) is 5.75 Å². The van der Waals surface area contributed by atoms with E-state index < -0.39 is 10.0 Å². The van der Waals surface area contributed by atoms with E-state index in [4.69, 9.17) is 9.47 Å². The van der Waals surface area contributed by atoms with Crippen molar-refractivity contribution in [3.63, 3.8) is 0 Å². The van der Waals surface area contributed by atoms with Gasteiger partial charge >= 0.3 is 0 Å². The van der Waals surface area contributed by atoms with Gasteiger partial charge in [-0.3, -0.25) is 0 Å². The fraction of sp³-hybridized carbons (Fsp3) is 0.647. The molecule has 7 heteroatoms. The maximum atomic E-state index is 13.0. The van der Waals surface area contributed by atoms with Gasteiger partial charge in [0.05, 0.1) is 18.6 Å². The van der Waals surface area contributed by atoms with Gasteiger partial charge in [-0.2, -0.15) is 4.31 Å². The third-order valence-electron chi connectivity index (χ3n) is 5.40. The van der Waals surface area contributed by atoms with Crippen LogP contribution in [-0.2, 0) is 14.8 Å². The van der Waals surface area contributed by atoms with E-state index in [0.29, 0.717) is 36.3 Å². The summed E-state index contributed by atoms with van der Waals surface area (Å²) in [5.41, 5.74) is 0.00427. The lowest BCUT2D eigenvalue weighted by Crippen LogP contribution is -2.38. The van der Waals surface area contributed by atoms with E-state index in [0.717, 1.165) is 19.5 Å². The van der Waals surface area contributed by atoms with Crippen molar-refractivity contribution in [1.29, 1.82) is 0 Å². The van der Waals surface area contributed by atoms with Gasteiger partial charge in [0.15, 0.2) is 0 Å². The Hall–Kier alpha value is -1.15. The van der Waals surface area contributed by atoms with Crippen molar-refractivity contribution in [2.75, 3.05) is 54.1 Å². The van der Waals surface area contributed by atoms with Crippen LogP contribution < -0.4 is 4.74 Å². The minimum Gasteiger partial charge on any atom is -0.497 e. The highest BCUT2D eigenvalue weighted by Gasteiger charge is 2.51. The third kappa shape index (κ3) is 3.06. The van der Waals surface area contributed by atoms with Crippen molar-refractivity contribution < 1.29 is 17.9 Å². The normalized spacial score (nSPS) is 28.7. The van der Waals surface area contributed by atoms with E-state index in [1.807, 2.05) is 0 Å². The van der Waals surface area contributed by atoms with Gasteiger partial charge in [0.2, 0.25) is 10.0 Å². The molecule has 2 fully saturated rings. The maximum absolute atomic E-state index is 13.0. The largest absolute Gasteiger partial charge is 0.497 e. The first-order valence-electron chi connectivity index (χ1n) is 8.23. The van der Waals surface area contributed by atoms with Gasteiger partial charge in [-0.1, -0.05) is 0 Å². The molecular weight excluding hydrogens is 328 g/mol. The van der Waals surface area contributed by atoms with Crippen LogP contribution in [-0.4, -0.2) is 71.7 Å². The molecular formula is C17H26N2O4S. The van der Waals surface area contributed by atoms with Gasteiger partial charge < -0.3 is 14.4 Å². The molecule has 1 aromatic carbocycles. The van der Waals surface area contributed by atoms with Crippen LogP contribution in [0, 0.1) is 11.3 Å². The van der Waals surface area contributed by atoms with Crippen molar-refractivity contribution in [1.82, 2.24) is 9.21 Å². The summed E-state index contributed by atoms with van der Waals surface area (Å²) in [6.45, 7) is 3.71. The zero-order valence-electron chi connectivity index (χ0n) is 14.6. The number of hydrogen-bond acceptors (Lipinski definition) is 5. The molecule has 6 nitrogen and oxygen atoms in total. The Morgan fingerprint density at radius 2 is 1.92 bits per heavy atom. The van der Waals surface area contributed by atoms with Gasteiger partial charge in [-0.15, -0.1) is 0 Å². The number of ether oxygens (including phenoxy) is 2. The van der Waals surface area contributed by atoms with E-state index in [1.165, 1.54) is 0 Å². The Labute approximate surface area is 144 Å². The van der Waals surface area contributed by atoms with Crippen molar-refractivity contribution in [3.05, 3.63) is 24.3 Å². The van der Waals surface area contributed by atoms with Gasteiger partial charge in [-0.25, -0.2) is 8.42 Å². The summed E-state index contributed by atoms with van der Waals surface area (Å²) in [4.78, 5) is 2.61. The molecule has 2 aliphatic rings. The van der Waals surface area contributed by atoms with E-state index in [-0.39, 0.29) is 5.41 Å². The third-order valence-corrected chi connectivity index (χ3v) is 7.26. The summed E-state index contributed by atoms with van der Waals surface area (Å²) in [6, 6.07) is 6.62. The Bertz CT molecular complexity index is 676.